The molecule has 0 aliphatic heterocycles. The van der Waals surface area contributed by atoms with Crippen molar-refractivity contribution in [3.05, 3.63) is 41.7 Å². The molecule has 3 aromatic rings. The Morgan fingerprint density at radius 3 is 2.80 bits per heavy atom. The number of nitrogens with one attached hydrogen (secondary N) is 1. The molecule has 0 atom stereocenters. The van der Waals surface area contributed by atoms with Gasteiger partial charge in [-0.25, -0.2) is 5.10 Å². The normalized spacial score (nSPS) is 10.8. The molecule has 3 rings (SSSR count). The fourth-order valence-electron chi connectivity index (χ4n) is 1.70. The molecule has 0 unspecified atom stereocenters. The predicted octanol–water partition coefficient (Wildman–Crippen LogP) is 2.64. The smallest absolute Gasteiger partial charge is 0.216 e. The number of H-pyrrole nitrogens is 1. The number of thioether (sulfide) groups is 1. The molecule has 20 heavy (non-hydrogen) atoms. The Kier molecular flexibility index (Phi) is 3.42. The van der Waals surface area contributed by atoms with E-state index in [-0.39, 0.29) is 0 Å². The van der Waals surface area contributed by atoms with Crippen molar-refractivity contribution in [2.24, 2.45) is 0 Å². The molecule has 6 nitrogen and oxygen atoms in total. The fourth-order valence-corrected chi connectivity index (χ4v) is 2.38. The van der Waals surface area contributed by atoms with E-state index in [1.54, 1.807) is 0 Å². The number of hydrogen-bond acceptors (Lipinski definition) is 6. The minimum Gasteiger partial charge on any atom is -0.368 e. The molecular formula is C13H13N5OS. The number of nitrogen functional groups attached to an aromatic ring is 1. The van der Waals surface area contributed by atoms with Crippen LogP contribution < -0.4 is 5.73 Å². The molecule has 2 heterocycles. The third-order valence-corrected chi connectivity index (χ3v) is 3.60. The molecule has 0 saturated carbocycles. The summed E-state index contributed by atoms with van der Waals surface area (Å²) in [5.74, 6) is 1.69. The van der Waals surface area contributed by atoms with Gasteiger partial charge in [-0.05, 0) is 6.92 Å². The quantitative estimate of drug-likeness (QED) is 0.716. The van der Waals surface area contributed by atoms with Gasteiger partial charge in [0.15, 0.2) is 0 Å². The van der Waals surface area contributed by atoms with Crippen molar-refractivity contribution in [2.75, 3.05) is 5.73 Å². The molecule has 1 aromatic carbocycles. The number of rotatable bonds is 4. The highest BCUT2D eigenvalue weighted by Crippen LogP contribution is 2.24. The SMILES string of the molecule is Cc1ccc(-c2cc(CSc3n[nH]c(N)n3)on2)cc1. The Morgan fingerprint density at radius 1 is 1.30 bits per heavy atom. The number of nitrogens with two attached hydrogens (primary N) is 1. The van der Waals surface area contributed by atoms with E-state index in [0.717, 1.165) is 17.0 Å². The van der Waals surface area contributed by atoms with Gasteiger partial charge in [-0.2, -0.15) is 4.98 Å². The van der Waals surface area contributed by atoms with Crippen molar-refractivity contribution < 1.29 is 4.52 Å². The summed E-state index contributed by atoms with van der Waals surface area (Å²) in [5, 5.41) is 11.2. The van der Waals surface area contributed by atoms with Crippen molar-refractivity contribution in [2.45, 2.75) is 17.8 Å². The Morgan fingerprint density at radius 2 is 2.10 bits per heavy atom. The van der Waals surface area contributed by atoms with Gasteiger partial charge in [0, 0.05) is 11.6 Å². The van der Waals surface area contributed by atoms with Gasteiger partial charge in [0.25, 0.3) is 0 Å². The largest absolute Gasteiger partial charge is 0.368 e. The molecule has 0 fully saturated rings. The van der Waals surface area contributed by atoms with E-state index in [1.807, 2.05) is 18.2 Å². The second-order valence-electron chi connectivity index (χ2n) is 4.34. The lowest BCUT2D eigenvalue weighted by Crippen LogP contribution is -1.85. The number of nitrogens with zero attached hydrogens (tertiary/aromatic N) is 3. The maximum Gasteiger partial charge on any atom is 0.216 e. The van der Waals surface area contributed by atoms with Crippen LogP contribution in [-0.4, -0.2) is 20.3 Å². The number of aryl methyl sites for hydroxylation is 1. The summed E-state index contributed by atoms with van der Waals surface area (Å²) in [5.41, 5.74) is 8.55. The van der Waals surface area contributed by atoms with E-state index < -0.39 is 0 Å². The highest BCUT2D eigenvalue weighted by atomic mass is 32.2. The van der Waals surface area contributed by atoms with Crippen molar-refractivity contribution in [1.82, 2.24) is 20.3 Å². The van der Waals surface area contributed by atoms with Crippen LogP contribution in [0.25, 0.3) is 11.3 Å². The zero-order valence-electron chi connectivity index (χ0n) is 10.8. The van der Waals surface area contributed by atoms with E-state index in [1.165, 1.54) is 17.3 Å². The first kappa shape index (κ1) is 12.7. The molecule has 0 aliphatic rings. The number of aromatic amines is 1. The topological polar surface area (TPSA) is 93.6 Å². The van der Waals surface area contributed by atoms with Crippen molar-refractivity contribution >= 4 is 17.7 Å². The summed E-state index contributed by atoms with van der Waals surface area (Å²) in [6.45, 7) is 2.05. The zero-order valence-corrected chi connectivity index (χ0v) is 11.6. The number of benzene rings is 1. The summed E-state index contributed by atoms with van der Waals surface area (Å²) in [6.07, 6.45) is 0. The highest BCUT2D eigenvalue weighted by molar-refractivity contribution is 7.98. The molecule has 0 radical (unpaired) electrons. The Balaban J connectivity index is 1.69. The van der Waals surface area contributed by atoms with Crippen LogP contribution in [0, 0.1) is 6.92 Å². The minimum atomic E-state index is 0.311. The molecule has 102 valence electrons. The molecule has 0 bridgehead atoms. The van der Waals surface area contributed by atoms with Gasteiger partial charge in [0.1, 0.15) is 11.5 Å². The lowest BCUT2D eigenvalue weighted by atomic mass is 10.1. The molecule has 0 aliphatic carbocycles. The van der Waals surface area contributed by atoms with Crippen LogP contribution in [0.3, 0.4) is 0 Å². The van der Waals surface area contributed by atoms with Gasteiger partial charge in [0.05, 0.1) is 5.75 Å². The van der Waals surface area contributed by atoms with Gasteiger partial charge in [-0.15, -0.1) is 5.10 Å². The average Bonchev–Trinajstić information content (AvgIpc) is 3.06. The lowest BCUT2D eigenvalue weighted by molar-refractivity contribution is 0.397. The van der Waals surface area contributed by atoms with Crippen LogP contribution in [0.2, 0.25) is 0 Å². The van der Waals surface area contributed by atoms with Gasteiger partial charge in [-0.3, -0.25) is 0 Å². The fraction of sp³-hybridized carbons (Fsp3) is 0.154. The third kappa shape index (κ3) is 2.83. The molecule has 0 amide bonds. The number of hydrogen-bond donors (Lipinski definition) is 2. The van der Waals surface area contributed by atoms with Gasteiger partial charge in [0.2, 0.25) is 11.1 Å². The Bertz CT molecular complexity index is 704. The van der Waals surface area contributed by atoms with Gasteiger partial charge in [-0.1, -0.05) is 46.7 Å². The molecule has 3 N–H and O–H groups in total. The molecule has 0 saturated heterocycles. The zero-order chi connectivity index (χ0) is 13.9. The molecular weight excluding hydrogens is 274 g/mol. The van der Waals surface area contributed by atoms with Gasteiger partial charge >= 0.3 is 0 Å². The summed E-state index contributed by atoms with van der Waals surface area (Å²) in [4.78, 5) is 4.01. The average molecular weight is 287 g/mol. The summed E-state index contributed by atoms with van der Waals surface area (Å²) in [7, 11) is 0. The minimum absolute atomic E-state index is 0.311. The van der Waals surface area contributed by atoms with Crippen molar-refractivity contribution in [3.8, 4) is 11.3 Å². The second-order valence-corrected chi connectivity index (χ2v) is 5.28. The highest BCUT2D eigenvalue weighted by Gasteiger charge is 2.08. The van der Waals surface area contributed by atoms with E-state index in [4.69, 9.17) is 10.3 Å². The Labute approximate surface area is 119 Å². The summed E-state index contributed by atoms with van der Waals surface area (Å²) >= 11 is 1.44. The number of anilines is 1. The molecule has 7 heteroatoms. The number of aromatic nitrogens is 4. The monoisotopic (exact) mass is 287 g/mol. The standard InChI is InChI=1S/C13H13N5OS/c1-8-2-4-9(5-3-8)11-6-10(19-18-11)7-20-13-15-12(14)16-17-13/h2-6H,7H2,1H3,(H3,14,15,16,17). The van der Waals surface area contributed by atoms with Gasteiger partial charge < -0.3 is 10.3 Å². The predicted molar refractivity (Wildman–Crippen MR) is 77.0 cm³/mol. The van der Waals surface area contributed by atoms with Crippen LogP contribution in [0.1, 0.15) is 11.3 Å². The van der Waals surface area contributed by atoms with Crippen LogP contribution in [-0.2, 0) is 5.75 Å². The van der Waals surface area contributed by atoms with E-state index in [0.29, 0.717) is 16.9 Å². The molecule has 0 spiro atoms. The van der Waals surface area contributed by atoms with Crippen LogP contribution in [0.15, 0.2) is 40.0 Å². The second kappa shape index (κ2) is 5.38. The third-order valence-electron chi connectivity index (χ3n) is 2.73. The summed E-state index contributed by atoms with van der Waals surface area (Å²) in [6, 6.07) is 10.1. The molecule has 2 aromatic heterocycles. The van der Waals surface area contributed by atoms with Crippen LogP contribution >= 0.6 is 11.8 Å². The van der Waals surface area contributed by atoms with E-state index >= 15 is 0 Å². The maximum atomic E-state index is 5.46. The van der Waals surface area contributed by atoms with Crippen LogP contribution in [0.4, 0.5) is 5.95 Å². The first-order valence-corrected chi connectivity index (χ1v) is 7.02. The van der Waals surface area contributed by atoms with Crippen molar-refractivity contribution in [3.63, 3.8) is 0 Å². The summed E-state index contributed by atoms with van der Waals surface area (Å²) < 4.78 is 5.31. The first-order valence-electron chi connectivity index (χ1n) is 6.04. The van der Waals surface area contributed by atoms with E-state index in [2.05, 4.69) is 39.4 Å². The first-order chi connectivity index (χ1) is 9.70. The maximum absolute atomic E-state index is 5.46. The Hall–Kier alpha value is -2.28. The van der Waals surface area contributed by atoms with E-state index in [9.17, 15) is 0 Å². The van der Waals surface area contributed by atoms with Crippen LogP contribution in [0.5, 0.6) is 0 Å². The lowest BCUT2D eigenvalue weighted by Gasteiger charge is -1.95. The van der Waals surface area contributed by atoms with Crippen molar-refractivity contribution in [1.29, 1.82) is 0 Å².